The molecule has 2 nitrogen and oxygen atoms in total. The van der Waals surface area contributed by atoms with Crippen LogP contribution in [-0.2, 0) is 96.2 Å². The second-order valence-electron chi connectivity index (χ2n) is 8.19. The van der Waals surface area contributed by atoms with Gasteiger partial charge in [-0.25, -0.2) is 0 Å². The van der Waals surface area contributed by atoms with Gasteiger partial charge in [0.25, 0.3) is 0 Å². The third kappa shape index (κ3) is 13.1. The summed E-state index contributed by atoms with van der Waals surface area (Å²) in [7, 11) is 0. The molecule has 38 heavy (non-hydrogen) atoms. The van der Waals surface area contributed by atoms with Gasteiger partial charge in [0.15, 0.2) is 0 Å². The Hall–Kier alpha value is -1.42. The van der Waals surface area contributed by atoms with Gasteiger partial charge in [-0.1, -0.05) is 130 Å². The second kappa shape index (κ2) is 19.6. The van der Waals surface area contributed by atoms with E-state index in [0.717, 1.165) is 26.2 Å². The zero-order valence-corrected chi connectivity index (χ0v) is 28.1. The van der Waals surface area contributed by atoms with E-state index in [1.54, 1.807) is 0 Å². The van der Waals surface area contributed by atoms with E-state index in [2.05, 4.69) is 48.5 Å². The molecule has 0 aliphatic carbocycles. The summed E-state index contributed by atoms with van der Waals surface area (Å²) in [6, 6.07) is 41.0. The van der Waals surface area contributed by atoms with Gasteiger partial charge >= 0.3 is 44.8 Å². The Balaban J connectivity index is 0.000000361. The topological polar surface area (TPSA) is 6.48 Å². The summed E-state index contributed by atoms with van der Waals surface area (Å²) < 4.78 is 1.03. The molecule has 4 rings (SSSR count). The van der Waals surface area contributed by atoms with Crippen LogP contribution in [0.15, 0.2) is 121 Å². The van der Waals surface area contributed by atoms with E-state index in [4.69, 9.17) is 49.7 Å². The minimum absolute atomic E-state index is 0. The van der Waals surface area contributed by atoms with Crippen LogP contribution in [0.2, 0.25) is 0 Å². The Morgan fingerprint density at radius 2 is 0.605 bits per heavy atom. The molecule has 0 aliphatic rings. The van der Waals surface area contributed by atoms with Gasteiger partial charge in [0.1, 0.15) is 0 Å². The molecule has 4 aromatic rings. The van der Waals surface area contributed by atoms with Crippen molar-refractivity contribution in [1.82, 2.24) is 9.80 Å². The Morgan fingerprint density at radius 1 is 0.421 bits per heavy atom. The van der Waals surface area contributed by atoms with Gasteiger partial charge in [0.2, 0.25) is 0 Å². The average Bonchev–Trinajstić information content (AvgIpc) is 2.91. The van der Waals surface area contributed by atoms with E-state index >= 15 is 0 Å². The number of thiocarbonyl (C=S) groups is 2. The van der Waals surface area contributed by atoms with Gasteiger partial charge in [-0.15, -0.1) is 0 Å². The van der Waals surface area contributed by atoms with Crippen LogP contribution in [0.1, 0.15) is 22.3 Å². The zero-order valence-electron chi connectivity index (χ0n) is 20.5. The smallest absolute Gasteiger partial charge is 0.411 e. The van der Waals surface area contributed by atoms with Crippen LogP contribution in [0.5, 0.6) is 0 Å². The third-order valence-corrected chi connectivity index (χ3v) is 6.41. The molecule has 0 amide bonds. The monoisotopic (exact) mass is 938 g/mol. The Morgan fingerprint density at radius 3 is 0.763 bits per heavy atom. The minimum atomic E-state index is 0. The first-order chi connectivity index (χ1) is 17.5. The van der Waals surface area contributed by atoms with Crippen molar-refractivity contribution in [2.75, 3.05) is 0 Å². The van der Waals surface area contributed by atoms with Gasteiger partial charge in [-0.2, -0.15) is 0 Å². The fraction of sp³-hybridized carbons (Fsp3) is 0.133. The molecule has 0 unspecified atom stereocenters. The molecule has 0 atom stereocenters. The van der Waals surface area contributed by atoms with Crippen LogP contribution in [0.25, 0.3) is 0 Å². The molecule has 8 heteroatoms. The SMILES string of the molecule is S=C([S-])N(Cc1ccccc1)Cc1ccccc1.S=C([S-])N(Cc1ccccc1)Cc1ccccc1.[Au+].[Au+]. The van der Waals surface area contributed by atoms with Crippen molar-refractivity contribution in [2.24, 2.45) is 0 Å². The van der Waals surface area contributed by atoms with Crippen molar-refractivity contribution >= 4 is 58.3 Å². The fourth-order valence-corrected chi connectivity index (χ4v) is 4.10. The maximum Gasteiger partial charge on any atom is 1.00 e. The normalized spacial score (nSPS) is 9.47. The van der Waals surface area contributed by atoms with E-state index in [-0.39, 0.29) is 44.8 Å². The molecule has 4 aromatic carbocycles. The van der Waals surface area contributed by atoms with Crippen LogP contribution < -0.4 is 0 Å². The van der Waals surface area contributed by atoms with Crippen molar-refractivity contribution in [1.29, 1.82) is 0 Å². The largest absolute Gasteiger partial charge is 1.00 e. The Bertz CT molecular complexity index is 1020. The van der Waals surface area contributed by atoms with Crippen molar-refractivity contribution in [3.05, 3.63) is 144 Å². The first-order valence-corrected chi connectivity index (χ1v) is 13.2. The van der Waals surface area contributed by atoms with Crippen LogP contribution in [0, 0.1) is 0 Å². The number of hydrogen-bond donors (Lipinski definition) is 0. The molecule has 204 valence electrons. The van der Waals surface area contributed by atoms with Crippen molar-refractivity contribution in [3.8, 4) is 0 Å². The molecule has 0 saturated carbocycles. The molecule has 0 aromatic heterocycles. The van der Waals surface area contributed by atoms with Crippen LogP contribution >= 0.6 is 24.4 Å². The van der Waals surface area contributed by atoms with E-state index in [0.29, 0.717) is 8.64 Å². The fourth-order valence-electron chi connectivity index (χ4n) is 3.59. The Labute approximate surface area is 280 Å². The molecule has 0 bridgehead atoms. The molecule has 0 radical (unpaired) electrons. The Kier molecular flexibility index (Phi) is 17.9. The van der Waals surface area contributed by atoms with Crippen molar-refractivity contribution in [2.45, 2.75) is 26.2 Å². The molecular weight excluding hydrogens is 911 g/mol. The first-order valence-electron chi connectivity index (χ1n) is 11.6. The summed E-state index contributed by atoms with van der Waals surface area (Å²) in [4.78, 5) is 4.07. The predicted octanol–water partition coefficient (Wildman–Crippen LogP) is 7.04. The van der Waals surface area contributed by atoms with Crippen molar-refractivity contribution in [3.63, 3.8) is 0 Å². The molecule has 0 aliphatic heterocycles. The maximum atomic E-state index is 5.16. The van der Waals surface area contributed by atoms with Gasteiger partial charge in [0.05, 0.1) is 0 Å². The summed E-state index contributed by atoms with van der Waals surface area (Å²) in [5.41, 5.74) is 4.89. The predicted molar refractivity (Wildman–Crippen MR) is 164 cm³/mol. The molecule has 0 spiro atoms. The van der Waals surface area contributed by atoms with Gasteiger partial charge in [-0.05, 0) is 22.3 Å². The molecule has 0 heterocycles. The molecule has 0 fully saturated rings. The van der Waals surface area contributed by atoms with E-state index in [1.807, 2.05) is 82.6 Å². The number of hydrogen-bond acceptors (Lipinski definition) is 4. The average molecular weight is 939 g/mol. The zero-order chi connectivity index (χ0) is 25.6. The van der Waals surface area contributed by atoms with E-state index in [9.17, 15) is 0 Å². The van der Waals surface area contributed by atoms with Gasteiger partial charge in [-0.3, -0.25) is 0 Å². The summed E-state index contributed by atoms with van der Waals surface area (Å²) in [6.07, 6.45) is 0. The summed E-state index contributed by atoms with van der Waals surface area (Å²) in [5.74, 6) is 0. The van der Waals surface area contributed by atoms with Gasteiger partial charge in [0, 0.05) is 26.2 Å². The molecular formula is C30H28Au2N2S4. The summed E-state index contributed by atoms with van der Waals surface area (Å²) in [6.45, 7) is 3.05. The molecule has 0 N–H and O–H groups in total. The molecule has 0 saturated heterocycles. The van der Waals surface area contributed by atoms with Crippen LogP contribution in [0.4, 0.5) is 0 Å². The standard InChI is InChI=1S/2C15H15NS2.2Au/c2*17-15(18)16(11-13-7-3-1-4-8-13)12-14-9-5-2-6-10-14;;/h2*1-10H,11-12H2,(H,17,18);;/q;;2*+1/p-2. The second-order valence-corrected chi connectivity index (χ2v) is 10.2. The first kappa shape index (κ1) is 34.6. The summed E-state index contributed by atoms with van der Waals surface area (Å²) >= 11 is 20.6. The van der Waals surface area contributed by atoms with Crippen LogP contribution in [-0.4, -0.2) is 18.4 Å². The van der Waals surface area contributed by atoms with Gasteiger partial charge < -0.3 is 59.5 Å². The maximum absolute atomic E-state index is 5.16. The quantitative estimate of drug-likeness (QED) is 0.106. The number of benzene rings is 4. The van der Waals surface area contributed by atoms with E-state index in [1.165, 1.54) is 22.3 Å². The van der Waals surface area contributed by atoms with Crippen molar-refractivity contribution < 1.29 is 44.8 Å². The minimum Gasteiger partial charge on any atom is -0.411 e. The number of rotatable bonds is 8. The third-order valence-electron chi connectivity index (χ3n) is 5.38. The number of nitrogens with zero attached hydrogens (tertiary/aromatic N) is 2. The van der Waals surface area contributed by atoms with Crippen LogP contribution in [0.3, 0.4) is 0 Å². The van der Waals surface area contributed by atoms with E-state index < -0.39 is 0 Å². The summed E-state index contributed by atoms with van der Waals surface area (Å²) in [5, 5.41) is 0.